The smallest absolute Gasteiger partial charge is 0.241 e. The summed E-state index contributed by atoms with van der Waals surface area (Å²) >= 11 is 1.50. The fourth-order valence-corrected chi connectivity index (χ4v) is 3.89. The summed E-state index contributed by atoms with van der Waals surface area (Å²) in [5.41, 5.74) is 0.601. The number of thioether (sulfide) groups is 1. The molecule has 3 rings (SSSR count). The summed E-state index contributed by atoms with van der Waals surface area (Å²) in [4.78, 5) is 25.4. The minimum absolute atomic E-state index is 0.0362. The molecule has 0 bridgehead atoms. The van der Waals surface area contributed by atoms with E-state index in [1.54, 1.807) is 17.1 Å². The van der Waals surface area contributed by atoms with Crippen molar-refractivity contribution in [3.05, 3.63) is 42.7 Å². The highest BCUT2D eigenvalue weighted by Gasteiger charge is 2.18. The van der Waals surface area contributed by atoms with Crippen LogP contribution in [0.2, 0.25) is 0 Å². The van der Waals surface area contributed by atoms with Crippen molar-refractivity contribution in [3.8, 4) is 0 Å². The Hall–Kier alpha value is -2.28. The molecule has 1 aliphatic carbocycles. The summed E-state index contributed by atoms with van der Waals surface area (Å²) in [5, 5.41) is 9.82. The molecule has 2 aromatic rings. The molecule has 0 aliphatic heterocycles. The Labute approximate surface area is 157 Å². The quantitative estimate of drug-likeness (QED) is 0.733. The third-order valence-corrected chi connectivity index (χ3v) is 5.46. The van der Waals surface area contributed by atoms with Crippen LogP contribution < -0.4 is 10.6 Å². The van der Waals surface area contributed by atoms with E-state index in [0.29, 0.717) is 11.7 Å². The second-order valence-electron chi connectivity index (χ2n) is 6.54. The first-order chi connectivity index (χ1) is 12.6. The van der Waals surface area contributed by atoms with Crippen molar-refractivity contribution in [1.82, 2.24) is 15.1 Å². The normalized spacial score (nSPS) is 15.6. The Morgan fingerprint density at radius 1 is 1.27 bits per heavy atom. The van der Waals surface area contributed by atoms with Crippen LogP contribution in [-0.2, 0) is 16.1 Å². The Morgan fingerprint density at radius 2 is 2.00 bits per heavy atom. The van der Waals surface area contributed by atoms with Crippen LogP contribution in [0.1, 0.15) is 32.6 Å². The molecule has 1 aromatic heterocycles. The molecular weight excluding hydrogens is 348 g/mol. The molecule has 26 heavy (non-hydrogen) atoms. The van der Waals surface area contributed by atoms with E-state index in [4.69, 9.17) is 0 Å². The first kappa shape index (κ1) is 18.5. The number of hydrogen-bond acceptors (Lipinski definition) is 4. The Bertz CT molecular complexity index is 741. The number of carbonyl (C=O) groups is 2. The topological polar surface area (TPSA) is 76.0 Å². The summed E-state index contributed by atoms with van der Waals surface area (Å²) in [6.45, 7) is 2.03. The Morgan fingerprint density at radius 3 is 2.73 bits per heavy atom. The van der Waals surface area contributed by atoms with Gasteiger partial charge in [0.2, 0.25) is 11.8 Å². The maximum absolute atomic E-state index is 12.3. The molecule has 1 aliphatic rings. The van der Waals surface area contributed by atoms with Gasteiger partial charge in [-0.2, -0.15) is 5.10 Å². The maximum Gasteiger partial charge on any atom is 0.241 e. The van der Waals surface area contributed by atoms with Gasteiger partial charge in [0.05, 0.1) is 17.1 Å². The van der Waals surface area contributed by atoms with Crippen molar-refractivity contribution in [3.63, 3.8) is 0 Å². The van der Waals surface area contributed by atoms with Crippen molar-refractivity contribution in [2.75, 3.05) is 5.32 Å². The van der Waals surface area contributed by atoms with Crippen molar-refractivity contribution >= 4 is 29.3 Å². The number of nitrogens with one attached hydrogen (secondary N) is 2. The zero-order valence-corrected chi connectivity index (χ0v) is 15.7. The molecule has 0 radical (unpaired) electrons. The van der Waals surface area contributed by atoms with Gasteiger partial charge in [-0.15, -0.1) is 11.8 Å². The number of anilines is 1. The second-order valence-corrected chi connectivity index (χ2v) is 7.95. The SMILES string of the molecule is CC(Sc1ccccc1)C(=O)Nc1cnn(CC(=O)NC2CCCC2)c1. The molecule has 138 valence electrons. The number of rotatable bonds is 7. The van der Waals surface area contributed by atoms with E-state index < -0.39 is 0 Å². The van der Waals surface area contributed by atoms with E-state index in [1.165, 1.54) is 24.6 Å². The van der Waals surface area contributed by atoms with E-state index in [9.17, 15) is 9.59 Å². The predicted molar refractivity (Wildman–Crippen MR) is 103 cm³/mol. The third-order valence-electron chi connectivity index (χ3n) is 4.35. The summed E-state index contributed by atoms with van der Waals surface area (Å²) in [5.74, 6) is -0.125. The van der Waals surface area contributed by atoms with Gasteiger partial charge < -0.3 is 10.6 Å². The van der Waals surface area contributed by atoms with Gasteiger partial charge in [-0.05, 0) is 31.9 Å². The van der Waals surface area contributed by atoms with Crippen LogP contribution in [0, 0.1) is 0 Å². The first-order valence-electron chi connectivity index (χ1n) is 8.94. The van der Waals surface area contributed by atoms with Crippen LogP contribution in [0.5, 0.6) is 0 Å². The Balaban J connectivity index is 1.47. The van der Waals surface area contributed by atoms with Gasteiger partial charge in [-0.1, -0.05) is 31.0 Å². The van der Waals surface area contributed by atoms with Crippen LogP contribution >= 0.6 is 11.8 Å². The van der Waals surface area contributed by atoms with Crippen LogP contribution in [0.25, 0.3) is 0 Å². The lowest BCUT2D eigenvalue weighted by atomic mass is 10.2. The summed E-state index contributed by atoms with van der Waals surface area (Å²) in [6.07, 6.45) is 7.74. The molecule has 1 saturated carbocycles. The number of nitrogens with zero attached hydrogens (tertiary/aromatic N) is 2. The largest absolute Gasteiger partial charge is 0.352 e. The van der Waals surface area contributed by atoms with E-state index in [-0.39, 0.29) is 23.6 Å². The van der Waals surface area contributed by atoms with E-state index in [2.05, 4.69) is 15.7 Å². The number of carbonyl (C=O) groups excluding carboxylic acids is 2. The third kappa shape index (κ3) is 5.36. The van der Waals surface area contributed by atoms with Crippen LogP contribution in [0.3, 0.4) is 0 Å². The van der Waals surface area contributed by atoms with Crippen LogP contribution in [-0.4, -0.2) is 32.9 Å². The molecule has 1 unspecified atom stereocenters. The monoisotopic (exact) mass is 372 g/mol. The van der Waals surface area contributed by atoms with E-state index in [0.717, 1.165) is 17.7 Å². The van der Waals surface area contributed by atoms with Gasteiger partial charge in [0.15, 0.2) is 0 Å². The molecule has 7 heteroatoms. The van der Waals surface area contributed by atoms with Gasteiger partial charge in [0.25, 0.3) is 0 Å². The van der Waals surface area contributed by atoms with Gasteiger partial charge in [-0.3, -0.25) is 14.3 Å². The molecule has 2 amide bonds. The summed E-state index contributed by atoms with van der Waals surface area (Å²) < 4.78 is 1.55. The average Bonchev–Trinajstić information content (AvgIpc) is 3.28. The predicted octanol–water partition coefficient (Wildman–Crippen LogP) is 3.06. The molecule has 2 N–H and O–H groups in total. The highest BCUT2D eigenvalue weighted by molar-refractivity contribution is 8.00. The average molecular weight is 372 g/mol. The second kappa shape index (κ2) is 8.89. The minimum Gasteiger partial charge on any atom is -0.352 e. The number of hydrogen-bond donors (Lipinski definition) is 2. The molecule has 1 atom stereocenters. The highest BCUT2D eigenvalue weighted by Crippen LogP contribution is 2.23. The summed E-state index contributed by atoms with van der Waals surface area (Å²) in [7, 11) is 0. The molecule has 0 spiro atoms. The fraction of sp³-hybridized carbons (Fsp3) is 0.421. The molecule has 1 heterocycles. The fourth-order valence-electron chi connectivity index (χ4n) is 3.01. The van der Waals surface area contributed by atoms with Crippen molar-refractivity contribution in [2.24, 2.45) is 0 Å². The van der Waals surface area contributed by atoms with Gasteiger partial charge >= 0.3 is 0 Å². The van der Waals surface area contributed by atoms with Crippen molar-refractivity contribution in [1.29, 1.82) is 0 Å². The van der Waals surface area contributed by atoms with E-state index in [1.807, 2.05) is 37.3 Å². The molecule has 1 aromatic carbocycles. The zero-order valence-electron chi connectivity index (χ0n) is 14.9. The number of benzene rings is 1. The number of amides is 2. The zero-order chi connectivity index (χ0) is 18.4. The van der Waals surface area contributed by atoms with Crippen molar-refractivity contribution in [2.45, 2.75) is 55.3 Å². The van der Waals surface area contributed by atoms with Gasteiger partial charge in [-0.25, -0.2) is 0 Å². The van der Waals surface area contributed by atoms with Gasteiger partial charge in [0.1, 0.15) is 6.54 Å². The molecule has 0 saturated heterocycles. The maximum atomic E-state index is 12.3. The minimum atomic E-state index is -0.230. The van der Waals surface area contributed by atoms with E-state index >= 15 is 0 Å². The number of aromatic nitrogens is 2. The molecule has 6 nitrogen and oxygen atoms in total. The summed E-state index contributed by atoms with van der Waals surface area (Å²) in [6, 6.07) is 10.1. The molecule has 1 fully saturated rings. The lowest BCUT2D eigenvalue weighted by molar-refractivity contribution is -0.122. The van der Waals surface area contributed by atoms with Crippen LogP contribution in [0.4, 0.5) is 5.69 Å². The lowest BCUT2D eigenvalue weighted by Crippen LogP contribution is -2.35. The standard InChI is InChI=1S/C19H24N4O2S/c1-14(26-17-9-3-2-4-10-17)19(25)22-16-11-20-23(12-16)13-18(24)21-15-7-5-6-8-15/h2-4,9-12,14-15H,5-8,13H2,1H3,(H,21,24)(H,22,25). The highest BCUT2D eigenvalue weighted by atomic mass is 32.2. The van der Waals surface area contributed by atoms with Gasteiger partial charge in [0, 0.05) is 17.1 Å². The lowest BCUT2D eigenvalue weighted by Gasteiger charge is -2.11. The van der Waals surface area contributed by atoms with Crippen LogP contribution in [0.15, 0.2) is 47.6 Å². The van der Waals surface area contributed by atoms with Crippen molar-refractivity contribution < 1.29 is 9.59 Å². The Kier molecular flexibility index (Phi) is 6.33. The first-order valence-corrected chi connectivity index (χ1v) is 9.82. The molecular formula is C19H24N4O2S.